The number of rotatable bonds is 6. The summed E-state index contributed by atoms with van der Waals surface area (Å²) in [4.78, 5) is 38.7. The van der Waals surface area contributed by atoms with Crippen molar-refractivity contribution < 1.29 is 19.1 Å². The molecule has 5 rings (SSSR count). The summed E-state index contributed by atoms with van der Waals surface area (Å²) in [6, 6.07) is 7.47. The molecule has 156 valence electrons. The van der Waals surface area contributed by atoms with Crippen molar-refractivity contribution >= 4 is 23.5 Å². The average Bonchev–Trinajstić information content (AvgIpc) is 2.66. The summed E-state index contributed by atoms with van der Waals surface area (Å²) in [5.74, 6) is 1.11. The van der Waals surface area contributed by atoms with Gasteiger partial charge >= 0.3 is 5.97 Å². The average molecular weight is 399 g/mol. The summed E-state index contributed by atoms with van der Waals surface area (Å²) in [6.07, 6.45) is 6.52. The minimum atomic E-state index is -0.365. The van der Waals surface area contributed by atoms with E-state index in [1.165, 1.54) is 24.2 Å². The molecule has 4 bridgehead atoms. The molecule has 4 aliphatic rings. The van der Waals surface area contributed by atoms with Gasteiger partial charge in [-0.25, -0.2) is 0 Å². The van der Waals surface area contributed by atoms with Crippen LogP contribution in [0.15, 0.2) is 24.3 Å². The fourth-order valence-corrected chi connectivity index (χ4v) is 5.89. The third-order valence-corrected chi connectivity index (χ3v) is 6.94. The summed E-state index contributed by atoms with van der Waals surface area (Å²) in [7, 11) is 1.55. The molecule has 4 fully saturated rings. The van der Waals surface area contributed by atoms with E-state index in [0.717, 1.165) is 24.8 Å². The Bertz CT molecular complexity index is 766. The van der Waals surface area contributed by atoms with Gasteiger partial charge < -0.3 is 15.0 Å². The Morgan fingerprint density at radius 2 is 1.59 bits per heavy atom. The molecule has 0 saturated heterocycles. The smallest absolute Gasteiger partial charge is 0.312 e. The summed E-state index contributed by atoms with van der Waals surface area (Å²) < 4.78 is 5.46. The molecule has 1 aromatic carbocycles. The van der Waals surface area contributed by atoms with Gasteiger partial charge in [0.1, 0.15) is 0 Å². The Balaban J connectivity index is 1.25. The molecule has 4 aliphatic carbocycles. The van der Waals surface area contributed by atoms with Crippen LogP contribution in [0.5, 0.6) is 0 Å². The predicted octanol–water partition coefficient (Wildman–Crippen LogP) is 3.15. The summed E-state index contributed by atoms with van der Waals surface area (Å²) in [5.41, 5.74) is 1.43. The van der Waals surface area contributed by atoms with E-state index in [4.69, 9.17) is 4.74 Å². The zero-order valence-corrected chi connectivity index (χ0v) is 17.3. The van der Waals surface area contributed by atoms with Gasteiger partial charge in [-0.15, -0.1) is 0 Å². The van der Waals surface area contributed by atoms with E-state index in [0.29, 0.717) is 23.4 Å². The summed E-state index contributed by atoms with van der Waals surface area (Å²) in [5, 5.41) is 2.77. The second kappa shape index (κ2) is 7.81. The molecule has 0 atom stereocenters. The van der Waals surface area contributed by atoms with Crippen molar-refractivity contribution in [2.24, 2.45) is 23.2 Å². The molecule has 0 aromatic heterocycles. The molecule has 0 spiro atoms. The number of ether oxygens (including phenoxy) is 1. The van der Waals surface area contributed by atoms with Gasteiger partial charge in [0.25, 0.3) is 5.91 Å². The highest BCUT2D eigenvalue weighted by molar-refractivity contribution is 5.94. The number of amides is 2. The van der Waals surface area contributed by atoms with Gasteiger partial charge in [0.2, 0.25) is 5.91 Å². The number of nitrogens with zero attached hydrogens (tertiary/aromatic N) is 1. The molecule has 6 heteroatoms. The number of nitrogens with one attached hydrogen (secondary N) is 1. The van der Waals surface area contributed by atoms with Crippen molar-refractivity contribution in [1.29, 1.82) is 0 Å². The third-order valence-electron chi connectivity index (χ3n) is 6.94. The van der Waals surface area contributed by atoms with Crippen LogP contribution in [0.2, 0.25) is 0 Å². The fraction of sp³-hybridized carbons (Fsp3) is 0.609. The number of benzene rings is 1. The number of carbonyl (C=O) groups is 3. The maximum Gasteiger partial charge on any atom is 0.312 e. The number of hydrogen-bond acceptors (Lipinski definition) is 4. The van der Waals surface area contributed by atoms with Gasteiger partial charge in [0.15, 0.2) is 6.61 Å². The zero-order valence-electron chi connectivity index (χ0n) is 17.3. The molecule has 4 saturated carbocycles. The minimum absolute atomic E-state index is 0.0817. The number of carbonyl (C=O) groups excluding carboxylic acids is 3. The standard InChI is InChI=1S/C23H30N2O4/c1-15-3-5-19(6-4-15)24-20(26)13-25(2)21(27)14-29-22(28)23-10-16-7-17(11-23)9-18(8-16)12-23/h3-6,16-18H,7-14H2,1-2H3,(H,24,26). The van der Waals surface area contributed by atoms with E-state index in [9.17, 15) is 14.4 Å². The fourth-order valence-electron chi connectivity index (χ4n) is 5.89. The molecular weight excluding hydrogens is 368 g/mol. The predicted molar refractivity (Wildman–Crippen MR) is 109 cm³/mol. The molecule has 0 heterocycles. The van der Waals surface area contributed by atoms with E-state index >= 15 is 0 Å². The van der Waals surface area contributed by atoms with Crippen molar-refractivity contribution in [3.63, 3.8) is 0 Å². The maximum atomic E-state index is 12.8. The van der Waals surface area contributed by atoms with E-state index in [2.05, 4.69) is 5.32 Å². The van der Waals surface area contributed by atoms with Gasteiger partial charge in [-0.2, -0.15) is 0 Å². The SMILES string of the molecule is Cc1ccc(NC(=O)CN(C)C(=O)COC(=O)C23CC4CC(CC(C4)C2)C3)cc1. The Kier molecular flexibility index (Phi) is 5.36. The van der Waals surface area contributed by atoms with Crippen LogP contribution >= 0.6 is 0 Å². The lowest BCUT2D eigenvalue weighted by Gasteiger charge is -2.55. The van der Waals surface area contributed by atoms with E-state index in [1.54, 1.807) is 7.05 Å². The monoisotopic (exact) mass is 398 g/mol. The number of likely N-dealkylation sites (N-methyl/N-ethyl adjacent to an activating group) is 1. The van der Waals surface area contributed by atoms with Crippen LogP contribution in [-0.4, -0.2) is 42.9 Å². The summed E-state index contributed by atoms with van der Waals surface area (Å²) in [6.45, 7) is 1.60. The number of anilines is 1. The van der Waals surface area contributed by atoms with Crippen molar-refractivity contribution in [3.05, 3.63) is 29.8 Å². The topological polar surface area (TPSA) is 75.7 Å². The lowest BCUT2D eigenvalue weighted by atomic mass is 9.49. The Hall–Kier alpha value is -2.37. The number of aryl methyl sites for hydroxylation is 1. The molecule has 0 aliphatic heterocycles. The molecular formula is C23H30N2O4. The first-order valence-corrected chi connectivity index (χ1v) is 10.6. The Labute approximate surface area is 172 Å². The molecule has 2 amide bonds. The van der Waals surface area contributed by atoms with Crippen LogP contribution in [0.1, 0.15) is 44.1 Å². The van der Waals surface area contributed by atoms with Crippen LogP contribution in [-0.2, 0) is 19.1 Å². The second-order valence-corrected chi connectivity index (χ2v) is 9.44. The van der Waals surface area contributed by atoms with Crippen molar-refractivity contribution in [1.82, 2.24) is 4.90 Å². The second-order valence-electron chi connectivity index (χ2n) is 9.44. The van der Waals surface area contributed by atoms with Crippen LogP contribution in [0.4, 0.5) is 5.69 Å². The first kappa shape index (κ1) is 19.9. The van der Waals surface area contributed by atoms with Crippen LogP contribution in [0, 0.1) is 30.1 Å². The lowest BCUT2D eigenvalue weighted by Crippen LogP contribution is -2.51. The van der Waals surface area contributed by atoms with E-state index < -0.39 is 0 Å². The number of hydrogen-bond donors (Lipinski definition) is 1. The van der Waals surface area contributed by atoms with Crippen LogP contribution < -0.4 is 5.32 Å². The molecule has 1 N–H and O–H groups in total. The van der Waals surface area contributed by atoms with Crippen molar-refractivity contribution in [3.8, 4) is 0 Å². The minimum Gasteiger partial charge on any atom is -0.455 e. The highest BCUT2D eigenvalue weighted by Gasteiger charge is 2.55. The van der Waals surface area contributed by atoms with Crippen molar-refractivity contribution in [2.45, 2.75) is 45.4 Å². The molecule has 29 heavy (non-hydrogen) atoms. The Morgan fingerprint density at radius 1 is 1.03 bits per heavy atom. The van der Waals surface area contributed by atoms with Gasteiger partial charge in [0.05, 0.1) is 12.0 Å². The maximum absolute atomic E-state index is 12.8. The molecule has 6 nitrogen and oxygen atoms in total. The van der Waals surface area contributed by atoms with Crippen molar-refractivity contribution in [2.75, 3.05) is 25.5 Å². The van der Waals surface area contributed by atoms with Gasteiger partial charge in [0, 0.05) is 12.7 Å². The third kappa shape index (κ3) is 4.31. The zero-order chi connectivity index (χ0) is 20.6. The van der Waals surface area contributed by atoms with E-state index in [1.807, 2.05) is 31.2 Å². The summed E-state index contributed by atoms with van der Waals surface area (Å²) >= 11 is 0. The van der Waals surface area contributed by atoms with Crippen LogP contribution in [0.3, 0.4) is 0 Å². The highest BCUT2D eigenvalue weighted by Crippen LogP contribution is 2.60. The van der Waals surface area contributed by atoms with E-state index in [-0.39, 0.29) is 36.4 Å². The van der Waals surface area contributed by atoms with Gasteiger partial charge in [-0.3, -0.25) is 14.4 Å². The largest absolute Gasteiger partial charge is 0.455 e. The van der Waals surface area contributed by atoms with Gasteiger partial charge in [-0.05, 0) is 75.3 Å². The quantitative estimate of drug-likeness (QED) is 0.747. The molecule has 1 aromatic rings. The lowest BCUT2D eigenvalue weighted by molar-refractivity contribution is -0.174. The highest BCUT2D eigenvalue weighted by atomic mass is 16.5. The molecule has 0 unspecified atom stereocenters. The normalized spacial score (nSPS) is 29.4. The number of esters is 1. The van der Waals surface area contributed by atoms with Gasteiger partial charge in [-0.1, -0.05) is 17.7 Å². The first-order valence-electron chi connectivity index (χ1n) is 10.6. The first-order chi connectivity index (χ1) is 13.8. The van der Waals surface area contributed by atoms with Crippen LogP contribution in [0.25, 0.3) is 0 Å². The molecule has 0 radical (unpaired) electrons. The Morgan fingerprint density at radius 3 is 2.14 bits per heavy atom.